The van der Waals surface area contributed by atoms with Crippen molar-refractivity contribution >= 4 is 18.5 Å². The zero-order valence-corrected chi connectivity index (χ0v) is 16.2. The largest absolute Gasteiger partial charge is 0.296 e. The summed E-state index contributed by atoms with van der Waals surface area (Å²) in [5.41, 5.74) is 2.81. The molecule has 134 valence electrons. The number of benzene rings is 2. The molecule has 1 atom stereocenters. The van der Waals surface area contributed by atoms with E-state index in [-0.39, 0.29) is 17.9 Å². The first kappa shape index (κ1) is 19.8. The average Bonchev–Trinajstić information content (AvgIpc) is 3.44. The summed E-state index contributed by atoms with van der Waals surface area (Å²) in [6.07, 6.45) is 9.59. The van der Waals surface area contributed by atoms with Gasteiger partial charge in [0.1, 0.15) is 0 Å². The third-order valence-electron chi connectivity index (χ3n) is 5.42. The fourth-order valence-electron chi connectivity index (χ4n) is 3.68. The molecule has 0 aromatic heterocycles. The summed E-state index contributed by atoms with van der Waals surface area (Å²) >= 11 is 0. The molecule has 1 aliphatic rings. The highest BCUT2D eigenvalue weighted by atomic mass is 35.5. The van der Waals surface area contributed by atoms with E-state index < -0.39 is 0 Å². The minimum absolute atomic E-state index is 0. The van der Waals surface area contributed by atoms with Crippen molar-refractivity contribution in [1.29, 1.82) is 0 Å². The van der Waals surface area contributed by atoms with Crippen LogP contribution in [-0.2, 0) is 5.54 Å². The lowest BCUT2D eigenvalue weighted by molar-refractivity contribution is 0.108. The molecule has 0 amide bonds. The van der Waals surface area contributed by atoms with Gasteiger partial charge in [-0.3, -0.25) is 4.90 Å². The first-order valence-electron chi connectivity index (χ1n) is 9.23. The van der Waals surface area contributed by atoms with E-state index in [9.17, 15) is 0 Å². The quantitative estimate of drug-likeness (QED) is 0.548. The number of hydrogen-bond acceptors (Lipinski definition) is 1. The fourth-order valence-corrected chi connectivity index (χ4v) is 3.68. The molecule has 1 aliphatic carbocycles. The zero-order chi connectivity index (χ0) is 16.8. The van der Waals surface area contributed by atoms with E-state index in [0.29, 0.717) is 0 Å². The van der Waals surface area contributed by atoms with E-state index in [0.717, 1.165) is 18.8 Å². The molecule has 0 unspecified atom stereocenters. The maximum Gasteiger partial charge on any atom is 0.0489 e. The minimum Gasteiger partial charge on any atom is -0.296 e. The van der Waals surface area contributed by atoms with Gasteiger partial charge in [-0.1, -0.05) is 79.7 Å². The summed E-state index contributed by atoms with van der Waals surface area (Å²) in [7, 11) is 2.31. The van der Waals surface area contributed by atoms with Gasteiger partial charge in [-0.05, 0) is 49.8 Å². The Hall–Kier alpha value is -1.57. The van der Waals surface area contributed by atoms with E-state index in [1.165, 1.54) is 30.5 Å². The first-order valence-corrected chi connectivity index (χ1v) is 9.23. The van der Waals surface area contributed by atoms with Crippen LogP contribution in [0.15, 0.2) is 66.7 Å². The van der Waals surface area contributed by atoms with Crippen molar-refractivity contribution in [3.05, 3.63) is 77.9 Å². The molecule has 1 nitrogen and oxygen atoms in total. The van der Waals surface area contributed by atoms with Crippen LogP contribution in [0.25, 0.3) is 6.08 Å². The van der Waals surface area contributed by atoms with Gasteiger partial charge in [-0.2, -0.15) is 0 Å². The summed E-state index contributed by atoms with van der Waals surface area (Å²) in [5.74, 6) is 0.905. The lowest BCUT2D eigenvalue weighted by atomic mass is 9.82. The standard InChI is InChI=1S/C23H29N.ClH/c1-3-23(22-14-8-5-9-15-22,24(2)19-21-16-17-21)18-10-13-20-11-6-4-7-12-20;/h4-15,21H,3,16-19H2,1-2H3;1H/b13-10+;/t23-;/m1./s1. The van der Waals surface area contributed by atoms with Gasteiger partial charge in [0.05, 0.1) is 0 Å². The Bertz CT molecular complexity index is 648. The maximum absolute atomic E-state index is 2.61. The second kappa shape index (κ2) is 9.22. The molecule has 0 spiro atoms. The van der Waals surface area contributed by atoms with Crippen LogP contribution in [-0.4, -0.2) is 18.5 Å². The third-order valence-corrected chi connectivity index (χ3v) is 5.42. The van der Waals surface area contributed by atoms with Gasteiger partial charge in [0.15, 0.2) is 0 Å². The monoisotopic (exact) mass is 355 g/mol. The second-order valence-corrected chi connectivity index (χ2v) is 7.09. The molecule has 3 rings (SSSR count). The van der Waals surface area contributed by atoms with Crippen LogP contribution >= 0.6 is 12.4 Å². The van der Waals surface area contributed by atoms with E-state index in [2.05, 4.69) is 91.7 Å². The topological polar surface area (TPSA) is 3.24 Å². The van der Waals surface area contributed by atoms with Crippen molar-refractivity contribution in [3.63, 3.8) is 0 Å². The molecule has 0 aliphatic heterocycles. The highest BCUT2D eigenvalue weighted by Gasteiger charge is 2.36. The van der Waals surface area contributed by atoms with E-state index >= 15 is 0 Å². The van der Waals surface area contributed by atoms with Gasteiger partial charge in [-0.25, -0.2) is 0 Å². The van der Waals surface area contributed by atoms with Gasteiger partial charge in [-0.15, -0.1) is 12.4 Å². The normalized spacial score (nSPS) is 16.6. The van der Waals surface area contributed by atoms with E-state index in [1.54, 1.807) is 0 Å². The Morgan fingerprint density at radius 3 is 2.16 bits per heavy atom. The Kier molecular flexibility index (Phi) is 7.28. The van der Waals surface area contributed by atoms with Crippen molar-refractivity contribution in [2.45, 2.75) is 38.1 Å². The Balaban J connectivity index is 0.00000225. The molecule has 1 fully saturated rings. The number of nitrogens with zero attached hydrogens (tertiary/aromatic N) is 1. The number of halogens is 1. The summed E-state index contributed by atoms with van der Waals surface area (Å²) < 4.78 is 0. The summed E-state index contributed by atoms with van der Waals surface area (Å²) in [6.45, 7) is 3.54. The SMILES string of the molecule is CC[C@@](C/C=C/c1ccccc1)(c1ccccc1)N(C)CC1CC1.Cl. The Labute approximate surface area is 159 Å². The summed E-state index contributed by atoms with van der Waals surface area (Å²) in [5, 5.41) is 0. The number of rotatable bonds is 8. The van der Waals surface area contributed by atoms with Gasteiger partial charge in [0.2, 0.25) is 0 Å². The second-order valence-electron chi connectivity index (χ2n) is 7.09. The molecular weight excluding hydrogens is 326 g/mol. The molecular formula is C23H30ClN. The lowest BCUT2D eigenvalue weighted by Crippen LogP contribution is -2.44. The predicted molar refractivity (Wildman–Crippen MR) is 111 cm³/mol. The van der Waals surface area contributed by atoms with Crippen LogP contribution in [0.4, 0.5) is 0 Å². The Morgan fingerprint density at radius 1 is 1.00 bits per heavy atom. The van der Waals surface area contributed by atoms with Crippen LogP contribution in [0.2, 0.25) is 0 Å². The van der Waals surface area contributed by atoms with Crippen molar-refractivity contribution < 1.29 is 0 Å². The molecule has 2 aromatic carbocycles. The van der Waals surface area contributed by atoms with Crippen molar-refractivity contribution in [2.24, 2.45) is 5.92 Å². The molecule has 2 heteroatoms. The zero-order valence-electron chi connectivity index (χ0n) is 15.4. The molecule has 0 radical (unpaired) electrons. The van der Waals surface area contributed by atoms with Crippen LogP contribution in [0.3, 0.4) is 0 Å². The summed E-state index contributed by atoms with van der Waals surface area (Å²) in [6, 6.07) is 21.7. The van der Waals surface area contributed by atoms with Gasteiger partial charge >= 0.3 is 0 Å². The van der Waals surface area contributed by atoms with Gasteiger partial charge in [0.25, 0.3) is 0 Å². The molecule has 25 heavy (non-hydrogen) atoms. The molecule has 0 N–H and O–H groups in total. The average molecular weight is 356 g/mol. The van der Waals surface area contributed by atoms with E-state index in [1.807, 2.05) is 0 Å². The molecule has 0 bridgehead atoms. The highest BCUT2D eigenvalue weighted by molar-refractivity contribution is 5.85. The third kappa shape index (κ3) is 4.96. The van der Waals surface area contributed by atoms with Crippen LogP contribution in [0, 0.1) is 5.92 Å². The van der Waals surface area contributed by atoms with E-state index in [4.69, 9.17) is 0 Å². The molecule has 1 saturated carbocycles. The van der Waals surface area contributed by atoms with Crippen LogP contribution < -0.4 is 0 Å². The number of hydrogen-bond donors (Lipinski definition) is 0. The maximum atomic E-state index is 2.61. The Morgan fingerprint density at radius 2 is 1.60 bits per heavy atom. The van der Waals surface area contributed by atoms with Crippen molar-refractivity contribution in [2.75, 3.05) is 13.6 Å². The van der Waals surface area contributed by atoms with Crippen LogP contribution in [0.5, 0.6) is 0 Å². The molecule has 0 heterocycles. The van der Waals surface area contributed by atoms with Gasteiger partial charge < -0.3 is 0 Å². The smallest absolute Gasteiger partial charge is 0.0489 e. The molecule has 0 saturated heterocycles. The fraction of sp³-hybridized carbons (Fsp3) is 0.391. The predicted octanol–water partition coefficient (Wildman–Crippen LogP) is 6.16. The highest BCUT2D eigenvalue weighted by Crippen LogP contribution is 2.39. The molecule has 2 aromatic rings. The van der Waals surface area contributed by atoms with Crippen molar-refractivity contribution in [1.82, 2.24) is 4.90 Å². The van der Waals surface area contributed by atoms with Crippen LogP contribution in [0.1, 0.15) is 43.7 Å². The summed E-state index contributed by atoms with van der Waals surface area (Å²) in [4.78, 5) is 2.61. The minimum atomic E-state index is 0. The first-order chi connectivity index (χ1) is 11.7. The van der Waals surface area contributed by atoms with Crippen molar-refractivity contribution in [3.8, 4) is 0 Å². The lowest BCUT2D eigenvalue weighted by Gasteiger charge is -2.42. The van der Waals surface area contributed by atoms with Gasteiger partial charge in [0, 0.05) is 12.1 Å².